The van der Waals surface area contributed by atoms with Crippen LogP contribution in [0.15, 0.2) is 0 Å². The van der Waals surface area contributed by atoms with Crippen LogP contribution in [-0.4, -0.2) is 96.7 Å². The van der Waals surface area contributed by atoms with Crippen molar-refractivity contribution in [1.82, 2.24) is 0 Å². The van der Waals surface area contributed by atoms with Crippen LogP contribution in [0.3, 0.4) is 0 Å². The van der Waals surface area contributed by atoms with E-state index in [1.54, 1.807) is 0 Å². The first kappa shape index (κ1) is 93.1. The number of aliphatic hydroxyl groups excluding tert-OH is 1. The predicted octanol–water partition coefficient (Wildman–Crippen LogP) is 22.0. The summed E-state index contributed by atoms with van der Waals surface area (Å²) in [5, 5.41) is 10.6. The van der Waals surface area contributed by atoms with Crippen LogP contribution < -0.4 is 0 Å². The van der Waals surface area contributed by atoms with Crippen LogP contribution >= 0.6 is 15.6 Å². The van der Waals surface area contributed by atoms with E-state index < -0.39 is 97.5 Å². The van der Waals surface area contributed by atoms with Crippen LogP contribution in [0, 0.1) is 23.7 Å². The monoisotopic (exact) mass is 1400 g/mol. The number of phosphoric acid groups is 2. The Hall–Kier alpha value is -1.94. The van der Waals surface area contributed by atoms with E-state index in [2.05, 4.69) is 55.4 Å². The zero-order valence-electron chi connectivity index (χ0n) is 62.3. The number of aliphatic hydroxyl groups is 1. The number of esters is 4. The average Bonchev–Trinajstić information content (AvgIpc) is 1.53. The molecule has 0 aliphatic rings. The highest BCUT2D eigenvalue weighted by atomic mass is 31.2. The van der Waals surface area contributed by atoms with Crippen LogP contribution in [0.5, 0.6) is 0 Å². The lowest BCUT2D eigenvalue weighted by Crippen LogP contribution is -2.30. The molecule has 564 valence electrons. The summed E-state index contributed by atoms with van der Waals surface area (Å²) in [6.45, 7) is 14.1. The Labute approximate surface area is 581 Å². The molecule has 19 heteroatoms. The summed E-state index contributed by atoms with van der Waals surface area (Å²) in [6.07, 6.45) is 50.1. The Morgan fingerprint density at radius 1 is 0.263 bits per heavy atom. The number of carbonyl (C=O) groups excluding carboxylic acids is 4. The van der Waals surface area contributed by atoms with Crippen molar-refractivity contribution in [3.05, 3.63) is 0 Å². The third kappa shape index (κ3) is 70.3. The molecule has 0 spiro atoms. The molecule has 0 aromatic heterocycles. The van der Waals surface area contributed by atoms with Crippen LogP contribution in [0.4, 0.5) is 0 Å². The molecule has 95 heavy (non-hydrogen) atoms. The molecule has 0 amide bonds. The van der Waals surface area contributed by atoms with Gasteiger partial charge in [0.15, 0.2) is 12.2 Å². The van der Waals surface area contributed by atoms with Crippen molar-refractivity contribution >= 4 is 39.5 Å². The van der Waals surface area contributed by atoms with Crippen molar-refractivity contribution in [3.63, 3.8) is 0 Å². The number of hydrogen-bond donors (Lipinski definition) is 3. The lowest BCUT2D eigenvalue weighted by molar-refractivity contribution is -0.161. The van der Waals surface area contributed by atoms with Crippen molar-refractivity contribution in [2.24, 2.45) is 23.7 Å². The van der Waals surface area contributed by atoms with Gasteiger partial charge in [-0.05, 0) is 49.4 Å². The van der Waals surface area contributed by atoms with Gasteiger partial charge in [-0.3, -0.25) is 37.3 Å². The van der Waals surface area contributed by atoms with Crippen molar-refractivity contribution in [1.29, 1.82) is 0 Å². The van der Waals surface area contributed by atoms with E-state index >= 15 is 0 Å². The van der Waals surface area contributed by atoms with E-state index in [1.807, 2.05) is 0 Å². The van der Waals surface area contributed by atoms with Gasteiger partial charge >= 0.3 is 39.5 Å². The zero-order valence-corrected chi connectivity index (χ0v) is 64.1. The maximum absolute atomic E-state index is 13.1. The summed E-state index contributed by atoms with van der Waals surface area (Å²) in [5.74, 6) is 0.891. The summed E-state index contributed by atoms with van der Waals surface area (Å²) in [4.78, 5) is 72.8. The number of ether oxygens (including phenoxy) is 4. The maximum atomic E-state index is 13.1. The molecular formula is C76H148O17P2. The number of unbranched alkanes of at least 4 members (excludes halogenated alkanes) is 39. The molecule has 0 radical (unpaired) electrons. The topological polar surface area (TPSA) is 237 Å². The van der Waals surface area contributed by atoms with Crippen LogP contribution in [0.2, 0.25) is 0 Å². The molecule has 0 saturated heterocycles. The largest absolute Gasteiger partial charge is 0.472 e. The third-order valence-electron chi connectivity index (χ3n) is 17.6. The Morgan fingerprint density at radius 3 is 0.653 bits per heavy atom. The van der Waals surface area contributed by atoms with Crippen molar-refractivity contribution in [3.8, 4) is 0 Å². The molecule has 0 aromatic rings. The van der Waals surface area contributed by atoms with E-state index in [1.165, 1.54) is 180 Å². The molecular weight excluding hydrogens is 1250 g/mol. The van der Waals surface area contributed by atoms with Crippen molar-refractivity contribution in [2.45, 2.75) is 401 Å². The van der Waals surface area contributed by atoms with Gasteiger partial charge in [0, 0.05) is 25.7 Å². The lowest BCUT2D eigenvalue weighted by Gasteiger charge is -2.21. The van der Waals surface area contributed by atoms with Gasteiger partial charge in [0.1, 0.15) is 19.3 Å². The fourth-order valence-electron chi connectivity index (χ4n) is 11.6. The first-order valence-corrected chi connectivity index (χ1v) is 42.2. The molecule has 0 aliphatic heterocycles. The minimum Gasteiger partial charge on any atom is -0.462 e. The van der Waals surface area contributed by atoms with E-state index in [4.69, 9.17) is 37.0 Å². The van der Waals surface area contributed by atoms with E-state index in [0.717, 1.165) is 114 Å². The second kappa shape index (κ2) is 65.4. The highest BCUT2D eigenvalue weighted by Gasteiger charge is 2.30. The Kier molecular flexibility index (Phi) is 64.0. The second-order valence-electron chi connectivity index (χ2n) is 29.3. The molecule has 0 aliphatic carbocycles. The number of hydrogen-bond acceptors (Lipinski definition) is 15. The molecule has 3 N–H and O–H groups in total. The fourth-order valence-corrected chi connectivity index (χ4v) is 13.1. The van der Waals surface area contributed by atoms with Gasteiger partial charge in [-0.15, -0.1) is 0 Å². The summed E-state index contributed by atoms with van der Waals surface area (Å²) in [6, 6.07) is 0. The number of rotatable bonds is 73. The first-order valence-electron chi connectivity index (χ1n) is 39.2. The van der Waals surface area contributed by atoms with E-state index in [-0.39, 0.29) is 25.7 Å². The Bertz CT molecular complexity index is 1870. The summed E-state index contributed by atoms with van der Waals surface area (Å²) in [7, 11) is -9.91. The number of carbonyl (C=O) groups is 4. The minimum absolute atomic E-state index is 0.106. The van der Waals surface area contributed by atoms with Gasteiger partial charge in [0.2, 0.25) is 0 Å². The van der Waals surface area contributed by atoms with E-state index in [0.29, 0.717) is 31.6 Å². The molecule has 0 fully saturated rings. The van der Waals surface area contributed by atoms with Crippen LogP contribution in [0.25, 0.3) is 0 Å². The van der Waals surface area contributed by atoms with E-state index in [9.17, 15) is 43.2 Å². The van der Waals surface area contributed by atoms with Gasteiger partial charge in [-0.2, -0.15) is 0 Å². The summed E-state index contributed by atoms with van der Waals surface area (Å²) in [5.41, 5.74) is 0. The van der Waals surface area contributed by atoms with Gasteiger partial charge in [-0.25, -0.2) is 9.13 Å². The summed E-state index contributed by atoms with van der Waals surface area (Å²) >= 11 is 0. The van der Waals surface area contributed by atoms with Gasteiger partial charge in [0.25, 0.3) is 0 Å². The predicted molar refractivity (Wildman–Crippen MR) is 386 cm³/mol. The first-order chi connectivity index (χ1) is 45.6. The maximum Gasteiger partial charge on any atom is 0.472 e. The second-order valence-corrected chi connectivity index (χ2v) is 32.2. The lowest BCUT2D eigenvalue weighted by atomic mass is 10.0. The van der Waals surface area contributed by atoms with Gasteiger partial charge < -0.3 is 33.8 Å². The number of phosphoric ester groups is 2. The quantitative estimate of drug-likeness (QED) is 0.0222. The molecule has 2 unspecified atom stereocenters. The molecule has 0 heterocycles. The Balaban J connectivity index is 5.22. The highest BCUT2D eigenvalue weighted by molar-refractivity contribution is 7.47. The Morgan fingerprint density at radius 2 is 0.442 bits per heavy atom. The highest BCUT2D eigenvalue weighted by Crippen LogP contribution is 2.45. The molecule has 0 saturated carbocycles. The van der Waals surface area contributed by atoms with Crippen molar-refractivity contribution < 1.29 is 80.2 Å². The van der Waals surface area contributed by atoms with Gasteiger partial charge in [-0.1, -0.05) is 331 Å². The van der Waals surface area contributed by atoms with Gasteiger partial charge in [0.05, 0.1) is 26.4 Å². The fraction of sp³-hybridized carbons (Fsp3) is 0.947. The SMILES string of the molecule is CC(C)CCCCCCCCCCCCCCCCC(=O)O[C@H](COC(=O)CCCCCCCCCCCC(C)C)COP(=O)(O)OC[C@@H](O)COP(=O)(O)OC[C@@H](COC(=O)CCCCCCCCC(C)C)OC(=O)CCCCCCCCCCCCCCCCC(C)C. The normalized spacial score (nSPS) is 14.1. The van der Waals surface area contributed by atoms with Crippen LogP contribution in [0.1, 0.15) is 383 Å². The zero-order chi connectivity index (χ0) is 70.3. The third-order valence-corrected chi connectivity index (χ3v) is 19.5. The molecule has 0 bridgehead atoms. The molecule has 5 atom stereocenters. The standard InChI is InChI=1S/C76H148O17P2/c1-66(2)52-44-36-28-22-17-13-9-11-15-19-25-32-42-50-58-75(80)92-71(62-86-73(78)56-48-40-31-27-21-24-30-38-46-54-68(5)6)64-90-94(82,83)88-60-70(77)61-89-95(84,85)91-65-72(63-87-74(79)57-49-41-35-34-39-47-55-69(7)8)93-76(81)59-51-43-33-26-20-16-12-10-14-18-23-29-37-45-53-67(3)4/h66-72,77H,9-65H2,1-8H3,(H,82,83)(H,84,85)/t70-,71-,72-/m1/s1. The smallest absolute Gasteiger partial charge is 0.462 e. The molecule has 17 nitrogen and oxygen atoms in total. The van der Waals surface area contributed by atoms with Crippen molar-refractivity contribution in [2.75, 3.05) is 39.6 Å². The minimum atomic E-state index is -4.96. The summed E-state index contributed by atoms with van der Waals surface area (Å²) < 4.78 is 68.5. The molecule has 0 aromatic carbocycles. The average molecular weight is 1400 g/mol. The van der Waals surface area contributed by atoms with Crippen LogP contribution in [-0.2, 0) is 65.4 Å². The molecule has 0 rings (SSSR count).